The molecule has 0 fully saturated rings. The van der Waals surface area contributed by atoms with Crippen LogP contribution in [-0.2, 0) is 20.8 Å². The molecule has 1 atom stereocenters. The van der Waals surface area contributed by atoms with E-state index in [0.29, 0.717) is 25.5 Å². The number of ketones is 1. The Morgan fingerprint density at radius 2 is 1.53 bits per heavy atom. The summed E-state index contributed by atoms with van der Waals surface area (Å²) in [6.45, 7) is 4.11. The molecule has 2 rings (SSSR count). The molecule has 0 radical (unpaired) electrons. The zero-order valence-electron chi connectivity index (χ0n) is 21.9. The van der Waals surface area contributed by atoms with Crippen LogP contribution in [0.15, 0.2) is 42.5 Å². The highest BCUT2D eigenvalue weighted by Crippen LogP contribution is 2.12. The second-order valence-corrected chi connectivity index (χ2v) is 9.06. The third-order valence-electron chi connectivity index (χ3n) is 5.79. The number of aromatic amines is 1. The van der Waals surface area contributed by atoms with Crippen LogP contribution >= 0.6 is 0 Å². The summed E-state index contributed by atoms with van der Waals surface area (Å²) in [4.78, 5) is 47.0. The molecule has 1 aromatic carbocycles. The number of Topliss-reactive ketones (excluding diaryl/α,β-unsaturated/α-hetero) is 1. The van der Waals surface area contributed by atoms with Crippen LogP contribution in [0, 0.1) is 6.92 Å². The number of unbranched alkanes of at least 4 members (excludes halogenated alkanes) is 8. The average molecular weight is 498 g/mol. The molecule has 0 saturated heterocycles. The van der Waals surface area contributed by atoms with E-state index < -0.39 is 6.04 Å². The van der Waals surface area contributed by atoms with E-state index in [0.717, 1.165) is 23.4 Å². The Labute approximate surface area is 215 Å². The zero-order chi connectivity index (χ0) is 26.4. The highest BCUT2D eigenvalue weighted by molar-refractivity contribution is 5.94. The number of hydrogen-bond donors (Lipinski definition) is 3. The topological polar surface area (TPSA) is 108 Å². The van der Waals surface area contributed by atoms with Crippen molar-refractivity contribution < 1.29 is 19.2 Å². The maximum Gasteiger partial charge on any atom is 0.239 e. The first-order valence-corrected chi connectivity index (χ1v) is 13.1. The van der Waals surface area contributed by atoms with Gasteiger partial charge in [-0.1, -0.05) is 88.6 Å². The van der Waals surface area contributed by atoms with Gasteiger partial charge in [0.15, 0.2) is 5.78 Å². The quantitative estimate of drug-likeness (QED) is 0.151. The van der Waals surface area contributed by atoms with Crippen molar-refractivity contribution >= 4 is 24.4 Å². The van der Waals surface area contributed by atoms with Gasteiger partial charge in [-0.2, -0.15) is 0 Å². The van der Waals surface area contributed by atoms with Crippen LogP contribution in [0.3, 0.4) is 0 Å². The smallest absolute Gasteiger partial charge is 0.239 e. The number of aromatic nitrogens is 1. The average Bonchev–Trinajstić information content (AvgIpc) is 3.33. The number of nitrogens with one attached hydrogen (secondary N) is 3. The number of aryl methyl sites for hydroxylation is 1. The van der Waals surface area contributed by atoms with Gasteiger partial charge in [0.2, 0.25) is 12.3 Å². The Bertz CT molecular complexity index is 880. The van der Waals surface area contributed by atoms with E-state index in [1.54, 1.807) is 0 Å². The van der Waals surface area contributed by atoms with Crippen molar-refractivity contribution in [2.24, 2.45) is 0 Å². The minimum absolute atomic E-state index is 0.122. The van der Waals surface area contributed by atoms with Crippen molar-refractivity contribution in [1.82, 2.24) is 15.6 Å². The van der Waals surface area contributed by atoms with Crippen LogP contribution in [0.25, 0.3) is 0 Å². The number of benzene rings is 1. The monoisotopic (exact) mass is 497 g/mol. The number of H-pyrrole nitrogens is 1. The first-order chi connectivity index (χ1) is 17.5. The molecule has 7 nitrogen and oxygen atoms in total. The largest absolute Gasteiger partial charge is 0.356 e. The Morgan fingerprint density at radius 3 is 2.08 bits per heavy atom. The van der Waals surface area contributed by atoms with Gasteiger partial charge in [0.25, 0.3) is 0 Å². The normalized spacial score (nSPS) is 11.1. The van der Waals surface area contributed by atoms with E-state index in [1.165, 1.54) is 51.4 Å². The first-order valence-electron chi connectivity index (χ1n) is 13.1. The molecule has 2 amide bonds. The number of carbonyl (C=O) groups is 4. The van der Waals surface area contributed by atoms with Gasteiger partial charge in [-0.25, -0.2) is 0 Å². The van der Waals surface area contributed by atoms with Crippen LogP contribution in [-0.4, -0.2) is 42.0 Å². The molecule has 198 valence electrons. The predicted octanol–water partition coefficient (Wildman–Crippen LogP) is 5.09. The van der Waals surface area contributed by atoms with Crippen molar-refractivity contribution in [2.75, 3.05) is 6.54 Å². The maximum atomic E-state index is 11.8. The fourth-order valence-electron chi connectivity index (χ4n) is 3.79. The lowest BCUT2D eigenvalue weighted by molar-refractivity contribution is -0.124. The molecule has 2 aromatic rings. The summed E-state index contributed by atoms with van der Waals surface area (Å²) >= 11 is 0. The molecule has 0 aliphatic heterocycles. The fourth-order valence-corrected chi connectivity index (χ4v) is 3.79. The third kappa shape index (κ3) is 14.9. The van der Waals surface area contributed by atoms with Crippen LogP contribution in [0.4, 0.5) is 0 Å². The maximum absolute atomic E-state index is 11.8. The summed E-state index contributed by atoms with van der Waals surface area (Å²) in [5, 5.41) is 4.75. The lowest BCUT2D eigenvalue weighted by atomic mass is 10.0. The van der Waals surface area contributed by atoms with Gasteiger partial charge >= 0.3 is 0 Å². The van der Waals surface area contributed by atoms with E-state index in [2.05, 4.69) is 22.5 Å². The molecule has 36 heavy (non-hydrogen) atoms. The molecular weight excluding hydrogens is 454 g/mol. The minimum Gasteiger partial charge on any atom is -0.356 e. The van der Waals surface area contributed by atoms with Gasteiger partial charge in [-0.15, -0.1) is 0 Å². The highest BCUT2D eigenvalue weighted by Gasteiger charge is 2.11. The van der Waals surface area contributed by atoms with Crippen molar-refractivity contribution in [1.29, 1.82) is 0 Å². The fraction of sp³-hybridized carbons (Fsp3) is 0.517. The van der Waals surface area contributed by atoms with Crippen LogP contribution in [0.5, 0.6) is 0 Å². The number of amides is 2. The molecule has 0 aliphatic rings. The van der Waals surface area contributed by atoms with E-state index in [9.17, 15) is 19.2 Å². The van der Waals surface area contributed by atoms with E-state index in [1.807, 2.05) is 49.4 Å². The summed E-state index contributed by atoms with van der Waals surface area (Å²) < 4.78 is 0. The molecule has 0 saturated carbocycles. The minimum atomic E-state index is -0.571. The van der Waals surface area contributed by atoms with Crippen molar-refractivity contribution in [3.63, 3.8) is 0 Å². The summed E-state index contributed by atoms with van der Waals surface area (Å²) in [6, 6.07) is 12.7. The Hall–Kier alpha value is -3.22. The number of rotatable bonds is 18. The summed E-state index contributed by atoms with van der Waals surface area (Å²) in [7, 11) is 0. The van der Waals surface area contributed by atoms with Gasteiger partial charge in [0.05, 0.1) is 18.3 Å². The van der Waals surface area contributed by atoms with Gasteiger partial charge in [-0.3, -0.25) is 14.4 Å². The first kappa shape index (κ1) is 30.8. The van der Waals surface area contributed by atoms with Gasteiger partial charge in [-0.05, 0) is 37.5 Å². The molecule has 1 unspecified atom stereocenters. The molecule has 1 heterocycles. The molecule has 3 N–H and O–H groups in total. The molecule has 0 aliphatic carbocycles. The lowest BCUT2D eigenvalue weighted by Gasteiger charge is -2.12. The number of carbonyl (C=O) groups excluding carboxylic acids is 4. The molecular formula is C29H43N3O4. The van der Waals surface area contributed by atoms with Crippen LogP contribution in [0.2, 0.25) is 0 Å². The number of aldehydes is 1. The van der Waals surface area contributed by atoms with Gasteiger partial charge in [0.1, 0.15) is 6.29 Å². The molecule has 0 bridgehead atoms. The Balaban J connectivity index is 0.000000362. The molecule has 1 aromatic heterocycles. The standard InChI is InChI=1S/C17H29NO.C12H14N2O3/c1-3-4-5-6-7-8-9-10-11-12-17(19)16-14-13-15(2)18-16;15-8-11(14-12(17)7-13-9-16)6-10-4-2-1-3-5-10/h13-14,18H,3-12H2,1-2H3;1-5,8-9,11H,6-7H2,(H,13,16)(H,14,17). The van der Waals surface area contributed by atoms with E-state index in [4.69, 9.17) is 0 Å². The van der Waals surface area contributed by atoms with Gasteiger partial charge in [0, 0.05) is 12.1 Å². The summed E-state index contributed by atoms with van der Waals surface area (Å²) in [6.07, 6.45) is 13.9. The van der Waals surface area contributed by atoms with Crippen molar-refractivity contribution in [3.8, 4) is 0 Å². The third-order valence-corrected chi connectivity index (χ3v) is 5.79. The highest BCUT2D eigenvalue weighted by atomic mass is 16.2. The molecule has 7 heteroatoms. The molecule has 0 spiro atoms. The van der Waals surface area contributed by atoms with Crippen LogP contribution in [0.1, 0.15) is 92.9 Å². The Morgan fingerprint density at radius 1 is 0.889 bits per heavy atom. The summed E-state index contributed by atoms with van der Waals surface area (Å²) in [5.41, 5.74) is 2.81. The van der Waals surface area contributed by atoms with Crippen molar-refractivity contribution in [2.45, 2.75) is 90.5 Å². The predicted molar refractivity (Wildman–Crippen MR) is 144 cm³/mol. The second kappa shape index (κ2) is 20.0. The number of hydrogen-bond acceptors (Lipinski definition) is 4. The van der Waals surface area contributed by atoms with Gasteiger partial charge < -0.3 is 20.4 Å². The summed E-state index contributed by atoms with van der Waals surface area (Å²) in [5.74, 6) is -0.124. The van der Waals surface area contributed by atoms with E-state index in [-0.39, 0.29) is 18.2 Å². The van der Waals surface area contributed by atoms with Crippen molar-refractivity contribution in [3.05, 3.63) is 59.4 Å². The second-order valence-electron chi connectivity index (χ2n) is 9.06. The SMILES string of the molecule is CCCCCCCCCCCC(=O)c1ccc(C)[nH]1.O=CNCC(=O)NC(C=O)Cc1ccccc1. The Kier molecular flexibility index (Phi) is 17.1. The van der Waals surface area contributed by atoms with E-state index >= 15 is 0 Å². The zero-order valence-corrected chi connectivity index (χ0v) is 21.9. The van der Waals surface area contributed by atoms with Crippen LogP contribution < -0.4 is 10.6 Å². The lowest BCUT2D eigenvalue weighted by Crippen LogP contribution is -2.42.